The maximum Gasteiger partial charge on any atom is 0.157 e. The molecule has 6 heteroatoms. The van der Waals surface area contributed by atoms with E-state index in [0.29, 0.717) is 16.8 Å². The lowest BCUT2D eigenvalue weighted by atomic mass is 10.1. The van der Waals surface area contributed by atoms with Gasteiger partial charge in [0.15, 0.2) is 5.82 Å². The SMILES string of the molecule is COC1CCN(c2nccnc2C(N)=S)CC1. The summed E-state index contributed by atoms with van der Waals surface area (Å²) in [7, 11) is 1.75. The van der Waals surface area contributed by atoms with Gasteiger partial charge in [0.1, 0.15) is 10.7 Å². The van der Waals surface area contributed by atoms with E-state index >= 15 is 0 Å². The maximum atomic E-state index is 5.65. The van der Waals surface area contributed by atoms with Crippen molar-refractivity contribution in [3.05, 3.63) is 18.1 Å². The molecule has 1 saturated heterocycles. The molecule has 0 spiro atoms. The molecule has 1 fully saturated rings. The van der Waals surface area contributed by atoms with Gasteiger partial charge in [0.25, 0.3) is 0 Å². The lowest BCUT2D eigenvalue weighted by Crippen LogP contribution is -2.38. The zero-order chi connectivity index (χ0) is 12.3. The third-order valence-electron chi connectivity index (χ3n) is 2.99. The Morgan fingerprint density at radius 3 is 2.65 bits per heavy atom. The number of anilines is 1. The van der Waals surface area contributed by atoms with Crippen LogP contribution in [0.5, 0.6) is 0 Å². The Morgan fingerprint density at radius 2 is 2.06 bits per heavy atom. The molecule has 2 N–H and O–H groups in total. The number of hydrogen-bond acceptors (Lipinski definition) is 5. The first kappa shape index (κ1) is 12.2. The van der Waals surface area contributed by atoms with Crippen LogP contribution in [-0.2, 0) is 4.74 Å². The molecule has 2 rings (SSSR count). The molecule has 0 atom stereocenters. The van der Waals surface area contributed by atoms with Crippen LogP contribution >= 0.6 is 12.2 Å². The summed E-state index contributed by atoms with van der Waals surface area (Å²) >= 11 is 4.99. The quantitative estimate of drug-likeness (QED) is 0.800. The van der Waals surface area contributed by atoms with Crippen LogP contribution in [0.3, 0.4) is 0 Å². The molecule has 1 aliphatic heterocycles. The molecular weight excluding hydrogens is 236 g/mol. The Hall–Kier alpha value is -1.27. The van der Waals surface area contributed by atoms with Gasteiger partial charge in [-0.25, -0.2) is 9.97 Å². The van der Waals surface area contributed by atoms with Gasteiger partial charge in [-0.15, -0.1) is 0 Å². The van der Waals surface area contributed by atoms with Crippen molar-refractivity contribution in [2.75, 3.05) is 25.1 Å². The summed E-state index contributed by atoms with van der Waals surface area (Å²) in [5.74, 6) is 0.787. The minimum absolute atomic E-state index is 0.293. The minimum atomic E-state index is 0.293. The molecule has 0 aromatic carbocycles. The maximum absolute atomic E-state index is 5.65. The highest BCUT2D eigenvalue weighted by Crippen LogP contribution is 2.21. The topological polar surface area (TPSA) is 64.3 Å². The Kier molecular flexibility index (Phi) is 3.86. The molecule has 0 aliphatic carbocycles. The van der Waals surface area contributed by atoms with Gasteiger partial charge in [-0.1, -0.05) is 12.2 Å². The van der Waals surface area contributed by atoms with Crippen LogP contribution in [0.4, 0.5) is 5.82 Å². The molecule has 0 bridgehead atoms. The second-order valence-electron chi connectivity index (χ2n) is 4.01. The van der Waals surface area contributed by atoms with Crippen molar-refractivity contribution >= 4 is 23.0 Å². The van der Waals surface area contributed by atoms with Gasteiger partial charge in [-0.05, 0) is 12.8 Å². The lowest BCUT2D eigenvalue weighted by Gasteiger charge is -2.32. The number of methoxy groups -OCH3 is 1. The normalized spacial score (nSPS) is 17.1. The predicted octanol–water partition coefficient (Wildman–Crippen LogP) is 0.726. The van der Waals surface area contributed by atoms with Gasteiger partial charge in [-0.2, -0.15) is 0 Å². The van der Waals surface area contributed by atoms with Crippen LogP contribution in [0, 0.1) is 0 Å². The van der Waals surface area contributed by atoms with E-state index in [-0.39, 0.29) is 0 Å². The van der Waals surface area contributed by atoms with E-state index in [2.05, 4.69) is 14.9 Å². The van der Waals surface area contributed by atoms with Crippen LogP contribution in [0.2, 0.25) is 0 Å². The first-order valence-corrected chi connectivity index (χ1v) is 6.01. The Labute approximate surface area is 106 Å². The summed E-state index contributed by atoms with van der Waals surface area (Å²) in [6.07, 6.45) is 5.60. The predicted molar refractivity (Wildman–Crippen MR) is 70.2 cm³/mol. The number of nitrogens with zero attached hydrogens (tertiary/aromatic N) is 3. The standard InChI is InChI=1S/C11H16N4OS/c1-16-8-2-6-15(7-3-8)11-9(10(12)17)13-4-5-14-11/h4-5,8H,2-3,6-7H2,1H3,(H2,12,17). The number of nitrogens with two attached hydrogens (primary N) is 1. The van der Waals surface area contributed by atoms with Gasteiger partial charge in [0, 0.05) is 32.6 Å². The Bertz CT molecular complexity index is 404. The zero-order valence-electron chi connectivity index (χ0n) is 9.80. The average molecular weight is 252 g/mol. The monoisotopic (exact) mass is 252 g/mol. The van der Waals surface area contributed by atoms with E-state index in [1.165, 1.54) is 0 Å². The van der Waals surface area contributed by atoms with Crippen LogP contribution in [0.1, 0.15) is 18.5 Å². The summed E-state index contributed by atoms with van der Waals surface area (Å²) in [5, 5.41) is 0. The largest absolute Gasteiger partial charge is 0.388 e. The molecule has 5 nitrogen and oxygen atoms in total. The molecule has 1 aromatic rings. The molecular formula is C11H16N4OS. The second-order valence-corrected chi connectivity index (χ2v) is 4.45. The zero-order valence-corrected chi connectivity index (χ0v) is 10.6. The number of rotatable bonds is 3. The lowest BCUT2D eigenvalue weighted by molar-refractivity contribution is 0.0818. The van der Waals surface area contributed by atoms with Gasteiger partial charge < -0.3 is 15.4 Å². The van der Waals surface area contributed by atoms with E-state index < -0.39 is 0 Å². The van der Waals surface area contributed by atoms with Crippen LogP contribution in [-0.4, -0.2) is 41.3 Å². The molecule has 0 unspecified atom stereocenters. The summed E-state index contributed by atoms with van der Waals surface area (Å²) in [4.78, 5) is 11.0. The van der Waals surface area contributed by atoms with Crippen LogP contribution in [0.25, 0.3) is 0 Å². The van der Waals surface area contributed by atoms with Crippen molar-refractivity contribution in [3.8, 4) is 0 Å². The highest BCUT2D eigenvalue weighted by atomic mass is 32.1. The van der Waals surface area contributed by atoms with Gasteiger partial charge >= 0.3 is 0 Å². The third kappa shape index (κ3) is 2.70. The van der Waals surface area contributed by atoms with Crippen molar-refractivity contribution in [2.45, 2.75) is 18.9 Å². The fraction of sp³-hybridized carbons (Fsp3) is 0.545. The van der Waals surface area contributed by atoms with E-state index in [4.69, 9.17) is 22.7 Å². The first-order valence-electron chi connectivity index (χ1n) is 5.61. The van der Waals surface area contributed by atoms with Crippen molar-refractivity contribution in [2.24, 2.45) is 5.73 Å². The van der Waals surface area contributed by atoms with E-state index in [9.17, 15) is 0 Å². The Morgan fingerprint density at radius 1 is 1.41 bits per heavy atom. The van der Waals surface area contributed by atoms with Crippen LogP contribution < -0.4 is 10.6 Å². The molecule has 92 valence electrons. The van der Waals surface area contributed by atoms with Crippen molar-refractivity contribution < 1.29 is 4.74 Å². The molecule has 1 aliphatic rings. The number of thiocarbonyl (C=S) groups is 1. The molecule has 0 amide bonds. The Balaban J connectivity index is 2.15. The molecule has 17 heavy (non-hydrogen) atoms. The average Bonchev–Trinajstić information content (AvgIpc) is 2.39. The highest BCUT2D eigenvalue weighted by Gasteiger charge is 2.22. The fourth-order valence-corrected chi connectivity index (χ4v) is 2.18. The second kappa shape index (κ2) is 5.37. The summed E-state index contributed by atoms with van der Waals surface area (Å²) in [5.41, 5.74) is 6.26. The van der Waals surface area contributed by atoms with Gasteiger partial charge in [0.05, 0.1) is 6.10 Å². The minimum Gasteiger partial charge on any atom is -0.388 e. The summed E-state index contributed by atoms with van der Waals surface area (Å²) < 4.78 is 5.34. The number of hydrogen-bond donors (Lipinski definition) is 1. The first-order chi connectivity index (χ1) is 8.22. The van der Waals surface area contributed by atoms with E-state index in [1.807, 2.05) is 0 Å². The number of ether oxygens (including phenoxy) is 1. The van der Waals surface area contributed by atoms with Crippen LogP contribution in [0.15, 0.2) is 12.4 Å². The smallest absolute Gasteiger partial charge is 0.157 e. The van der Waals surface area contributed by atoms with E-state index in [1.54, 1.807) is 19.5 Å². The number of piperidine rings is 1. The molecule has 0 saturated carbocycles. The molecule has 1 aromatic heterocycles. The van der Waals surface area contributed by atoms with Gasteiger partial charge in [-0.3, -0.25) is 0 Å². The van der Waals surface area contributed by atoms with E-state index in [0.717, 1.165) is 31.7 Å². The molecule has 0 radical (unpaired) electrons. The summed E-state index contributed by atoms with van der Waals surface area (Å²) in [6, 6.07) is 0. The molecule has 2 heterocycles. The van der Waals surface area contributed by atoms with Gasteiger partial charge in [0.2, 0.25) is 0 Å². The van der Waals surface area contributed by atoms with Crippen molar-refractivity contribution in [1.82, 2.24) is 9.97 Å². The fourth-order valence-electron chi connectivity index (χ4n) is 2.04. The van der Waals surface area contributed by atoms with Crippen molar-refractivity contribution in [1.29, 1.82) is 0 Å². The highest BCUT2D eigenvalue weighted by molar-refractivity contribution is 7.80. The summed E-state index contributed by atoms with van der Waals surface area (Å²) in [6.45, 7) is 1.79. The third-order valence-corrected chi connectivity index (χ3v) is 3.18. The number of aromatic nitrogens is 2. The van der Waals surface area contributed by atoms with Crippen molar-refractivity contribution in [3.63, 3.8) is 0 Å².